The van der Waals surface area contributed by atoms with Gasteiger partial charge in [-0.1, -0.05) is 54.6 Å². The smallest absolute Gasteiger partial charge is 0.300 e. The van der Waals surface area contributed by atoms with Crippen molar-refractivity contribution >= 4 is 28.8 Å². The molecule has 42 heavy (non-hydrogen) atoms. The average Bonchev–Trinajstić information content (AvgIpc) is 3.27. The number of ether oxygens (including phenoxy) is 1. The van der Waals surface area contributed by atoms with Crippen LogP contribution in [0.15, 0.2) is 103 Å². The second kappa shape index (κ2) is 12.4. The number of carbonyl (C=O) groups excluding carboxylic acids is 2. The van der Waals surface area contributed by atoms with E-state index in [-0.39, 0.29) is 11.3 Å². The minimum Gasteiger partial charge on any atom is -0.507 e. The molecule has 0 radical (unpaired) electrons. The number of hydrogen-bond donors (Lipinski definition) is 1. The Labute approximate surface area is 247 Å². The number of aliphatic hydroxyl groups is 1. The lowest BCUT2D eigenvalue weighted by Crippen LogP contribution is -2.30. The van der Waals surface area contributed by atoms with Gasteiger partial charge >= 0.3 is 0 Å². The number of aliphatic hydroxyl groups excluding tert-OH is 1. The molecule has 0 bridgehead atoms. The molecule has 6 heteroatoms. The molecule has 1 unspecified atom stereocenters. The number of ketones is 1. The summed E-state index contributed by atoms with van der Waals surface area (Å²) >= 11 is 0. The Morgan fingerprint density at radius 1 is 0.833 bits per heavy atom. The van der Waals surface area contributed by atoms with Gasteiger partial charge in [0, 0.05) is 30.0 Å². The van der Waals surface area contributed by atoms with Gasteiger partial charge in [0.1, 0.15) is 18.1 Å². The van der Waals surface area contributed by atoms with E-state index >= 15 is 0 Å². The zero-order chi connectivity index (χ0) is 29.8. The van der Waals surface area contributed by atoms with Crippen molar-refractivity contribution in [3.8, 4) is 5.75 Å². The molecule has 1 heterocycles. The van der Waals surface area contributed by atoms with Crippen molar-refractivity contribution in [1.82, 2.24) is 0 Å². The summed E-state index contributed by atoms with van der Waals surface area (Å²) in [5.41, 5.74) is 5.72. The highest BCUT2D eigenvalue weighted by Crippen LogP contribution is 2.43. The molecule has 1 atom stereocenters. The van der Waals surface area contributed by atoms with Crippen LogP contribution in [0.25, 0.3) is 5.76 Å². The molecule has 214 valence electrons. The normalized spacial score (nSPS) is 16.1. The van der Waals surface area contributed by atoms with Crippen LogP contribution < -0.4 is 14.5 Å². The van der Waals surface area contributed by atoms with Crippen molar-refractivity contribution in [3.05, 3.63) is 130 Å². The maximum Gasteiger partial charge on any atom is 0.300 e. The van der Waals surface area contributed by atoms with Crippen LogP contribution in [0.3, 0.4) is 0 Å². The van der Waals surface area contributed by atoms with Gasteiger partial charge < -0.3 is 14.7 Å². The molecule has 1 N–H and O–H groups in total. The number of benzene rings is 4. The third-order valence-corrected chi connectivity index (χ3v) is 7.87. The SMILES string of the molecule is CCN(CC)c1ccc(N2C(=O)C(=O)/C(=C(/O)c3ccc(OCc4ccccc4)c(C)c3)C2c2ccccc2C)cc1. The Morgan fingerprint density at radius 2 is 1.50 bits per heavy atom. The van der Waals surface area contributed by atoms with Gasteiger partial charge in [-0.15, -0.1) is 0 Å². The van der Waals surface area contributed by atoms with Crippen LogP contribution in [-0.4, -0.2) is 29.9 Å². The van der Waals surface area contributed by atoms with Gasteiger partial charge in [-0.2, -0.15) is 0 Å². The lowest BCUT2D eigenvalue weighted by Gasteiger charge is -2.27. The fourth-order valence-electron chi connectivity index (χ4n) is 5.55. The lowest BCUT2D eigenvalue weighted by molar-refractivity contribution is -0.132. The van der Waals surface area contributed by atoms with E-state index < -0.39 is 17.7 Å². The maximum absolute atomic E-state index is 13.6. The number of Topliss-reactive ketones (excluding diaryl/α,β-unsaturated/α-hetero) is 1. The first-order valence-corrected chi connectivity index (χ1v) is 14.3. The first-order valence-electron chi connectivity index (χ1n) is 14.3. The zero-order valence-electron chi connectivity index (χ0n) is 24.5. The Morgan fingerprint density at radius 3 is 2.14 bits per heavy atom. The predicted octanol–water partition coefficient (Wildman–Crippen LogP) is 7.35. The van der Waals surface area contributed by atoms with Crippen molar-refractivity contribution in [1.29, 1.82) is 0 Å². The summed E-state index contributed by atoms with van der Waals surface area (Å²) in [6.07, 6.45) is 0. The van der Waals surface area contributed by atoms with Gasteiger partial charge in [-0.3, -0.25) is 14.5 Å². The molecule has 1 fully saturated rings. The monoisotopic (exact) mass is 560 g/mol. The van der Waals surface area contributed by atoms with Crippen LogP contribution in [0.5, 0.6) is 5.75 Å². The summed E-state index contributed by atoms with van der Waals surface area (Å²) in [6, 6.07) is 29.7. The molecule has 5 rings (SSSR count). The largest absolute Gasteiger partial charge is 0.507 e. The molecule has 4 aromatic rings. The Hall–Kier alpha value is -4.84. The highest BCUT2D eigenvalue weighted by molar-refractivity contribution is 6.51. The summed E-state index contributed by atoms with van der Waals surface area (Å²) in [5.74, 6) is -0.906. The molecule has 4 aromatic carbocycles. The summed E-state index contributed by atoms with van der Waals surface area (Å²) in [6.45, 7) is 10.2. The molecule has 0 aromatic heterocycles. The Kier molecular flexibility index (Phi) is 8.43. The van der Waals surface area contributed by atoms with E-state index in [4.69, 9.17) is 4.74 Å². The van der Waals surface area contributed by atoms with Crippen LogP contribution in [0.2, 0.25) is 0 Å². The lowest BCUT2D eigenvalue weighted by atomic mass is 9.92. The quantitative estimate of drug-likeness (QED) is 0.132. The van der Waals surface area contributed by atoms with Crippen LogP contribution in [0, 0.1) is 13.8 Å². The number of nitrogens with zero attached hydrogens (tertiary/aromatic N) is 2. The summed E-state index contributed by atoms with van der Waals surface area (Å²) < 4.78 is 6.01. The Balaban J connectivity index is 1.55. The van der Waals surface area contributed by atoms with Crippen LogP contribution in [-0.2, 0) is 16.2 Å². The second-order valence-corrected chi connectivity index (χ2v) is 10.5. The molecule has 1 aliphatic rings. The topological polar surface area (TPSA) is 70.1 Å². The number of rotatable bonds is 9. The molecule has 0 aliphatic carbocycles. The van der Waals surface area contributed by atoms with Crippen LogP contribution >= 0.6 is 0 Å². The van der Waals surface area contributed by atoms with E-state index in [2.05, 4.69) is 18.7 Å². The van der Waals surface area contributed by atoms with Crippen molar-refractivity contribution in [2.75, 3.05) is 22.9 Å². The minimum absolute atomic E-state index is 0.0690. The highest BCUT2D eigenvalue weighted by atomic mass is 16.5. The molecular weight excluding hydrogens is 524 g/mol. The third kappa shape index (κ3) is 5.53. The first-order chi connectivity index (χ1) is 20.3. The van der Waals surface area contributed by atoms with Crippen molar-refractivity contribution in [3.63, 3.8) is 0 Å². The van der Waals surface area contributed by atoms with Gasteiger partial charge in [0.05, 0.1) is 11.6 Å². The summed E-state index contributed by atoms with van der Waals surface area (Å²) in [7, 11) is 0. The molecule has 0 spiro atoms. The van der Waals surface area contributed by atoms with Gasteiger partial charge in [0.2, 0.25) is 0 Å². The first kappa shape index (κ1) is 28.7. The van der Waals surface area contributed by atoms with Crippen molar-refractivity contribution < 1.29 is 19.4 Å². The van der Waals surface area contributed by atoms with Gasteiger partial charge in [-0.05, 0) is 92.4 Å². The molecular formula is C36H36N2O4. The van der Waals surface area contributed by atoms with Crippen molar-refractivity contribution in [2.24, 2.45) is 0 Å². The molecule has 0 saturated carbocycles. The number of carbonyl (C=O) groups is 2. The second-order valence-electron chi connectivity index (χ2n) is 10.5. The van der Waals surface area contributed by atoms with Gasteiger partial charge in [0.25, 0.3) is 11.7 Å². The number of anilines is 2. The Bertz CT molecular complexity index is 1620. The van der Waals surface area contributed by atoms with Crippen molar-refractivity contribution in [2.45, 2.75) is 40.3 Å². The third-order valence-electron chi connectivity index (χ3n) is 7.87. The van der Waals surface area contributed by atoms with Gasteiger partial charge in [-0.25, -0.2) is 0 Å². The van der Waals surface area contributed by atoms with E-state index in [1.807, 2.05) is 92.7 Å². The molecule has 1 saturated heterocycles. The number of aryl methyl sites for hydroxylation is 2. The van der Waals surface area contributed by atoms with Gasteiger partial charge in [0.15, 0.2) is 0 Å². The fourth-order valence-corrected chi connectivity index (χ4v) is 5.55. The van der Waals surface area contributed by atoms with Crippen LogP contribution in [0.4, 0.5) is 11.4 Å². The fraction of sp³-hybridized carbons (Fsp3) is 0.222. The summed E-state index contributed by atoms with van der Waals surface area (Å²) in [4.78, 5) is 31.0. The van der Waals surface area contributed by atoms with E-state index in [0.29, 0.717) is 23.6 Å². The zero-order valence-corrected chi connectivity index (χ0v) is 24.5. The maximum atomic E-state index is 13.6. The predicted molar refractivity (Wildman–Crippen MR) is 168 cm³/mol. The summed E-state index contributed by atoms with van der Waals surface area (Å²) in [5, 5.41) is 11.6. The standard InChI is InChI=1S/C36H36N2O4/c1-5-37(6-2)28-17-19-29(20-18-28)38-33(30-15-11-10-12-24(30)3)32(35(40)36(38)41)34(39)27-16-21-31(25(4)22-27)42-23-26-13-8-7-9-14-26/h7-22,33,39H,5-6,23H2,1-4H3/b34-32+. The highest BCUT2D eigenvalue weighted by Gasteiger charge is 2.47. The molecule has 1 aliphatic heterocycles. The van der Waals surface area contributed by atoms with E-state index in [1.54, 1.807) is 18.2 Å². The van der Waals surface area contributed by atoms with Crippen LogP contribution in [0.1, 0.15) is 47.7 Å². The molecule has 1 amide bonds. The molecule has 6 nitrogen and oxygen atoms in total. The van der Waals surface area contributed by atoms with E-state index in [0.717, 1.165) is 41.0 Å². The average molecular weight is 561 g/mol. The van der Waals surface area contributed by atoms with E-state index in [9.17, 15) is 14.7 Å². The number of amides is 1. The number of hydrogen-bond acceptors (Lipinski definition) is 5. The minimum atomic E-state index is -0.778. The van der Waals surface area contributed by atoms with E-state index in [1.165, 1.54) is 4.90 Å².